The van der Waals surface area contributed by atoms with Crippen molar-refractivity contribution in [3.8, 4) is 0 Å². The van der Waals surface area contributed by atoms with Gasteiger partial charge in [0.15, 0.2) is 5.96 Å². The first-order valence-corrected chi connectivity index (χ1v) is 10.3. The van der Waals surface area contributed by atoms with Crippen molar-refractivity contribution in [1.82, 2.24) is 16.0 Å². The first-order chi connectivity index (χ1) is 14.3. The van der Waals surface area contributed by atoms with E-state index in [-0.39, 0.29) is 30.8 Å². The highest BCUT2D eigenvalue weighted by molar-refractivity contribution is 5.92. The van der Waals surface area contributed by atoms with E-state index in [4.69, 9.17) is 17.2 Å². The number of carbonyl (C=O) groups is 4. The molecule has 0 aliphatic carbocycles. The highest BCUT2D eigenvalue weighted by Gasteiger charge is 2.29. The zero-order valence-electron chi connectivity index (χ0n) is 18.7. The molecule has 0 saturated heterocycles. The summed E-state index contributed by atoms with van der Waals surface area (Å²) in [4.78, 5) is 51.9. The molecule has 0 fully saturated rings. The van der Waals surface area contributed by atoms with Gasteiger partial charge in [0, 0.05) is 6.54 Å². The molecule has 0 aliphatic heterocycles. The Labute approximate surface area is 182 Å². The third kappa shape index (κ3) is 12.4. The number of amides is 3. The molecular formula is C19H37N7O5. The van der Waals surface area contributed by atoms with Crippen LogP contribution in [0.5, 0.6) is 0 Å². The Hall–Kier alpha value is -2.89. The average Bonchev–Trinajstić information content (AvgIpc) is 2.65. The van der Waals surface area contributed by atoms with Gasteiger partial charge in [0.25, 0.3) is 0 Å². The van der Waals surface area contributed by atoms with Gasteiger partial charge in [-0.05, 0) is 31.1 Å². The molecule has 0 spiro atoms. The number of aliphatic imine (C=N–C) groups is 1. The number of carbonyl (C=O) groups excluding carboxylic acids is 3. The van der Waals surface area contributed by atoms with Gasteiger partial charge in [-0.15, -0.1) is 0 Å². The molecule has 3 atom stereocenters. The zero-order chi connectivity index (χ0) is 24.1. The molecule has 3 unspecified atom stereocenters. The number of hydrogen-bond donors (Lipinski definition) is 7. The lowest BCUT2D eigenvalue weighted by atomic mass is 10.0. The molecule has 0 radical (unpaired) electrons. The maximum Gasteiger partial charge on any atom is 0.326 e. The SMILES string of the molecule is CC(C)CC(NC(=O)C(NC(=O)CNC(=O)C(N)CCCN=C(N)N)C(C)C)C(=O)O. The number of nitrogens with two attached hydrogens (primary N) is 3. The van der Waals surface area contributed by atoms with Crippen molar-refractivity contribution in [3.63, 3.8) is 0 Å². The molecule has 0 aromatic carbocycles. The summed E-state index contributed by atoms with van der Waals surface area (Å²) in [6, 6.07) is -2.84. The lowest BCUT2D eigenvalue weighted by molar-refractivity contribution is -0.143. The minimum absolute atomic E-state index is 0.0441. The van der Waals surface area contributed by atoms with Crippen LogP contribution >= 0.6 is 0 Å². The van der Waals surface area contributed by atoms with Crippen LogP contribution in [0, 0.1) is 11.8 Å². The van der Waals surface area contributed by atoms with Crippen LogP contribution in [-0.4, -0.2) is 66.0 Å². The van der Waals surface area contributed by atoms with Crippen molar-refractivity contribution in [2.75, 3.05) is 13.1 Å². The van der Waals surface area contributed by atoms with Crippen LogP contribution in [0.1, 0.15) is 47.0 Å². The van der Waals surface area contributed by atoms with Crippen LogP contribution in [-0.2, 0) is 19.2 Å². The summed E-state index contributed by atoms with van der Waals surface area (Å²) >= 11 is 0. The quantitative estimate of drug-likeness (QED) is 0.0924. The first-order valence-electron chi connectivity index (χ1n) is 10.3. The van der Waals surface area contributed by atoms with Gasteiger partial charge in [-0.3, -0.25) is 19.4 Å². The molecule has 3 amide bonds. The van der Waals surface area contributed by atoms with E-state index in [9.17, 15) is 24.3 Å². The summed E-state index contributed by atoms with van der Waals surface area (Å²) < 4.78 is 0. The highest BCUT2D eigenvalue weighted by atomic mass is 16.4. The lowest BCUT2D eigenvalue weighted by Crippen LogP contribution is -2.55. The molecule has 0 heterocycles. The maximum absolute atomic E-state index is 12.5. The van der Waals surface area contributed by atoms with Gasteiger partial charge in [-0.2, -0.15) is 0 Å². The number of guanidine groups is 1. The van der Waals surface area contributed by atoms with Crippen molar-refractivity contribution in [2.24, 2.45) is 34.0 Å². The van der Waals surface area contributed by atoms with Gasteiger partial charge in [0.05, 0.1) is 12.6 Å². The normalized spacial score (nSPS) is 13.8. The summed E-state index contributed by atoms with van der Waals surface area (Å²) in [7, 11) is 0. The van der Waals surface area contributed by atoms with Crippen LogP contribution in [0.15, 0.2) is 4.99 Å². The van der Waals surface area contributed by atoms with Gasteiger partial charge >= 0.3 is 5.97 Å². The second-order valence-electron chi connectivity index (χ2n) is 8.09. The molecule has 178 valence electrons. The largest absolute Gasteiger partial charge is 0.480 e. The summed E-state index contributed by atoms with van der Waals surface area (Å²) in [6.45, 7) is 7.09. The van der Waals surface area contributed by atoms with Gasteiger partial charge < -0.3 is 38.3 Å². The third-order valence-corrected chi connectivity index (χ3v) is 4.31. The number of carboxylic acid groups (broad SMARTS) is 1. The fourth-order valence-corrected chi connectivity index (χ4v) is 2.66. The molecule has 0 bridgehead atoms. The number of nitrogens with one attached hydrogen (secondary N) is 3. The molecular weight excluding hydrogens is 406 g/mol. The van der Waals surface area contributed by atoms with E-state index in [1.165, 1.54) is 0 Å². The van der Waals surface area contributed by atoms with Crippen LogP contribution in [0.25, 0.3) is 0 Å². The molecule has 12 nitrogen and oxygen atoms in total. The number of nitrogens with zero attached hydrogens (tertiary/aromatic N) is 1. The topological polar surface area (TPSA) is 215 Å². The molecule has 0 rings (SSSR count). The minimum Gasteiger partial charge on any atom is -0.480 e. The van der Waals surface area contributed by atoms with Gasteiger partial charge in [-0.1, -0.05) is 27.7 Å². The number of aliphatic carboxylic acids is 1. The van der Waals surface area contributed by atoms with Crippen molar-refractivity contribution in [3.05, 3.63) is 0 Å². The van der Waals surface area contributed by atoms with Crippen LogP contribution in [0.2, 0.25) is 0 Å². The Balaban J connectivity index is 4.67. The maximum atomic E-state index is 12.5. The second kappa shape index (κ2) is 14.2. The van der Waals surface area contributed by atoms with E-state index >= 15 is 0 Å². The van der Waals surface area contributed by atoms with Crippen molar-refractivity contribution < 1.29 is 24.3 Å². The van der Waals surface area contributed by atoms with E-state index < -0.39 is 41.8 Å². The standard InChI is InChI=1S/C19H37N7O5/c1-10(2)8-13(18(30)31)25-17(29)15(11(3)4)26-14(27)9-24-16(28)12(20)6-5-7-23-19(21)22/h10-13,15H,5-9,20H2,1-4H3,(H,24,28)(H,25,29)(H,26,27)(H,30,31)(H4,21,22,23). The van der Waals surface area contributed by atoms with Crippen molar-refractivity contribution in [2.45, 2.75) is 65.1 Å². The van der Waals surface area contributed by atoms with Crippen LogP contribution < -0.4 is 33.2 Å². The molecule has 10 N–H and O–H groups in total. The van der Waals surface area contributed by atoms with E-state index in [0.29, 0.717) is 19.4 Å². The van der Waals surface area contributed by atoms with E-state index in [1.807, 2.05) is 13.8 Å². The summed E-state index contributed by atoms with van der Waals surface area (Å²) in [5.41, 5.74) is 16.2. The second-order valence-corrected chi connectivity index (χ2v) is 8.09. The molecule has 0 aromatic rings. The third-order valence-electron chi connectivity index (χ3n) is 4.31. The fourth-order valence-electron chi connectivity index (χ4n) is 2.66. The van der Waals surface area contributed by atoms with Gasteiger partial charge in [0.1, 0.15) is 12.1 Å². The highest BCUT2D eigenvalue weighted by Crippen LogP contribution is 2.08. The minimum atomic E-state index is -1.14. The molecule has 12 heteroatoms. The number of rotatable bonds is 14. The smallest absolute Gasteiger partial charge is 0.326 e. The summed E-state index contributed by atoms with van der Waals surface area (Å²) in [5.74, 6) is -3.13. The Kier molecular flexibility index (Phi) is 12.9. The first kappa shape index (κ1) is 28.1. The number of carboxylic acids is 1. The Morgan fingerprint density at radius 2 is 1.61 bits per heavy atom. The monoisotopic (exact) mass is 443 g/mol. The summed E-state index contributed by atoms with van der Waals surface area (Å²) in [5, 5.41) is 16.7. The lowest BCUT2D eigenvalue weighted by Gasteiger charge is -2.25. The van der Waals surface area contributed by atoms with E-state index in [1.54, 1.807) is 13.8 Å². The van der Waals surface area contributed by atoms with Gasteiger partial charge in [0.2, 0.25) is 17.7 Å². The Bertz CT molecular complexity index is 648. The van der Waals surface area contributed by atoms with Crippen molar-refractivity contribution >= 4 is 29.7 Å². The Morgan fingerprint density at radius 3 is 2.10 bits per heavy atom. The molecule has 31 heavy (non-hydrogen) atoms. The van der Waals surface area contributed by atoms with Crippen LogP contribution in [0.3, 0.4) is 0 Å². The molecule has 0 aliphatic rings. The van der Waals surface area contributed by atoms with E-state index in [0.717, 1.165) is 0 Å². The fraction of sp³-hybridized carbons (Fsp3) is 0.737. The Morgan fingerprint density at radius 1 is 1.00 bits per heavy atom. The zero-order valence-corrected chi connectivity index (χ0v) is 18.7. The van der Waals surface area contributed by atoms with Gasteiger partial charge in [-0.25, -0.2) is 4.79 Å². The number of hydrogen-bond acceptors (Lipinski definition) is 6. The predicted molar refractivity (Wildman–Crippen MR) is 117 cm³/mol. The molecule has 0 aromatic heterocycles. The molecule has 0 saturated carbocycles. The van der Waals surface area contributed by atoms with E-state index in [2.05, 4.69) is 20.9 Å². The average molecular weight is 444 g/mol. The summed E-state index contributed by atoms with van der Waals surface area (Å²) in [6.07, 6.45) is 1.08. The predicted octanol–water partition coefficient (Wildman–Crippen LogP) is -1.76. The van der Waals surface area contributed by atoms with Crippen LogP contribution in [0.4, 0.5) is 0 Å². The van der Waals surface area contributed by atoms with Crippen molar-refractivity contribution in [1.29, 1.82) is 0 Å².